The molecule has 18 heteroatoms. The van der Waals surface area contributed by atoms with Crippen LogP contribution in [0.4, 0.5) is 5.69 Å². The molecule has 6 rings (SSSR count). The quantitative estimate of drug-likeness (QED) is 0.0828. The summed E-state index contributed by atoms with van der Waals surface area (Å²) in [6.07, 6.45) is 1.21. The molecule has 4 aromatic rings. The van der Waals surface area contributed by atoms with Crippen molar-refractivity contribution in [2.24, 2.45) is 11.3 Å². The van der Waals surface area contributed by atoms with Crippen molar-refractivity contribution in [2.75, 3.05) is 0 Å². The van der Waals surface area contributed by atoms with E-state index in [4.69, 9.17) is 13.6 Å². The minimum atomic E-state index is -4.78. The molecule has 0 unspecified atom stereocenters. The highest BCUT2D eigenvalue weighted by molar-refractivity contribution is 7.49. The van der Waals surface area contributed by atoms with Crippen molar-refractivity contribution < 1.29 is 42.5 Å². The van der Waals surface area contributed by atoms with Crippen LogP contribution in [-0.2, 0) is 36.4 Å². The van der Waals surface area contributed by atoms with Gasteiger partial charge in [0.15, 0.2) is 5.70 Å². The largest absolute Gasteiger partial charge is 0.646 e. The summed E-state index contributed by atoms with van der Waals surface area (Å²) in [7, 11) is -4.78. The number of nitro groups is 1. The lowest BCUT2D eigenvalue weighted by Crippen LogP contribution is -2.68. The molecule has 0 saturated carbocycles. The second kappa shape index (κ2) is 13.4. The molecular weight excluding hydrogens is 673 g/mol. The van der Waals surface area contributed by atoms with E-state index in [0.29, 0.717) is 5.56 Å². The molecule has 4 atom stereocenters. The number of benzene rings is 3. The van der Waals surface area contributed by atoms with Crippen LogP contribution >= 0.6 is 7.82 Å². The average Bonchev–Trinajstić information content (AvgIpc) is 3.65. The number of carbonyl (C=O) groups is 3. The van der Waals surface area contributed by atoms with Crippen LogP contribution < -0.4 is 14.4 Å². The summed E-state index contributed by atoms with van der Waals surface area (Å²) in [4.78, 5) is 51.5. The molecule has 2 aliphatic rings. The summed E-state index contributed by atoms with van der Waals surface area (Å²) in [5.74, 6) is -3.84. The first-order valence-corrected chi connectivity index (χ1v) is 16.7. The van der Waals surface area contributed by atoms with Crippen molar-refractivity contribution in [1.29, 1.82) is 0 Å². The number of non-ortho nitro benzene ring substituents is 1. The van der Waals surface area contributed by atoms with Crippen LogP contribution in [0.15, 0.2) is 103 Å². The molecule has 50 heavy (non-hydrogen) atoms. The van der Waals surface area contributed by atoms with Crippen LogP contribution in [0.3, 0.4) is 0 Å². The molecule has 3 aromatic carbocycles. The Balaban J connectivity index is 1.41. The first-order valence-electron chi connectivity index (χ1n) is 15.2. The monoisotopic (exact) mass is 703 g/mol. The number of carboxylic acids is 1. The van der Waals surface area contributed by atoms with Gasteiger partial charge >= 0.3 is 13.8 Å². The Bertz CT molecular complexity index is 1950. The van der Waals surface area contributed by atoms with Gasteiger partial charge in [0.25, 0.3) is 5.69 Å². The molecule has 2 aliphatic heterocycles. The highest BCUT2D eigenvalue weighted by Gasteiger charge is 2.68. The number of para-hydroxylation sites is 2. The zero-order chi connectivity index (χ0) is 35.6. The summed E-state index contributed by atoms with van der Waals surface area (Å²) < 4.78 is 33.6. The van der Waals surface area contributed by atoms with Crippen molar-refractivity contribution in [1.82, 2.24) is 30.4 Å². The number of amides is 2. The third-order valence-corrected chi connectivity index (χ3v) is 9.71. The van der Waals surface area contributed by atoms with E-state index in [0.717, 1.165) is 4.90 Å². The second-order valence-corrected chi connectivity index (χ2v) is 13.3. The molecule has 17 nitrogen and oxygen atoms in total. The fourth-order valence-corrected chi connectivity index (χ4v) is 7.70. The number of aromatic nitrogens is 4. The summed E-state index contributed by atoms with van der Waals surface area (Å²) in [5.41, 5.74) is -1.69. The average molecular weight is 704 g/mol. The first-order chi connectivity index (χ1) is 23.9. The molecule has 1 fully saturated rings. The van der Waals surface area contributed by atoms with Crippen molar-refractivity contribution in [3.8, 4) is 11.5 Å². The zero-order valence-corrected chi connectivity index (χ0v) is 27.5. The van der Waals surface area contributed by atoms with Crippen molar-refractivity contribution in [2.45, 2.75) is 38.9 Å². The Hall–Kier alpha value is -6.09. The number of hydrogen-bond acceptors (Lipinski definition) is 12. The van der Waals surface area contributed by atoms with Crippen LogP contribution in [0.25, 0.3) is 0 Å². The Morgan fingerprint density at radius 3 is 2.14 bits per heavy atom. The number of phosphoric ester groups is 1. The van der Waals surface area contributed by atoms with E-state index in [1.165, 1.54) is 59.5 Å². The molecule has 258 valence electrons. The lowest BCUT2D eigenvalue weighted by Gasteiger charge is -2.51. The third-order valence-electron chi connectivity index (χ3n) is 8.44. The van der Waals surface area contributed by atoms with Crippen LogP contribution in [0.5, 0.6) is 11.5 Å². The SMILES string of the molecule is C[C@@H](NC(=O)Cn1cnnn1)[C@H]1C(=O)N2C(C(=O)O)=C(OP(=O)(Oc3ccccc3)Oc3ccccc3)[C@](C)(Cc3ccc([N+](=O)[O-])cc3)[C@@H]12. The molecule has 0 spiro atoms. The number of carbonyl (C=O) groups excluding carboxylic acids is 2. The second-order valence-electron chi connectivity index (χ2n) is 11.9. The number of fused-ring (bicyclic) bond motifs is 1. The topological polar surface area (TPSA) is 218 Å². The Morgan fingerprint density at radius 2 is 1.62 bits per heavy atom. The number of hydrogen-bond donors (Lipinski definition) is 2. The molecule has 1 aromatic heterocycles. The molecule has 0 bridgehead atoms. The Labute approximate surface area is 284 Å². The number of carboxylic acid groups (broad SMARTS) is 1. The highest BCUT2D eigenvalue weighted by Crippen LogP contribution is 2.62. The molecule has 1 saturated heterocycles. The summed E-state index contributed by atoms with van der Waals surface area (Å²) >= 11 is 0. The van der Waals surface area contributed by atoms with E-state index in [1.54, 1.807) is 50.2 Å². The highest BCUT2D eigenvalue weighted by atomic mass is 31.2. The fraction of sp³-hybridized carbons (Fsp3) is 0.250. The van der Waals surface area contributed by atoms with Gasteiger partial charge in [0.1, 0.15) is 30.1 Å². The van der Waals surface area contributed by atoms with E-state index in [-0.39, 0.29) is 35.9 Å². The van der Waals surface area contributed by atoms with Gasteiger partial charge in [0.2, 0.25) is 11.8 Å². The number of nitrogens with zero attached hydrogens (tertiary/aromatic N) is 6. The van der Waals surface area contributed by atoms with Crippen LogP contribution in [0.2, 0.25) is 0 Å². The number of aliphatic carboxylic acids is 1. The first kappa shape index (κ1) is 33.8. The van der Waals surface area contributed by atoms with Gasteiger partial charge in [-0.2, -0.15) is 4.57 Å². The van der Waals surface area contributed by atoms with Gasteiger partial charge in [0.05, 0.1) is 22.3 Å². The molecular formula is C32H30N7O10P. The minimum Gasteiger partial charge on any atom is -0.476 e. The number of nitro benzene ring substituents is 1. The van der Waals surface area contributed by atoms with Gasteiger partial charge in [-0.05, 0) is 53.6 Å². The minimum absolute atomic E-state index is 0.0377. The lowest BCUT2D eigenvalue weighted by atomic mass is 9.66. The zero-order valence-electron chi connectivity index (χ0n) is 26.6. The number of phosphoric acid groups is 1. The molecule has 0 aliphatic carbocycles. The van der Waals surface area contributed by atoms with Crippen LogP contribution in [-0.4, -0.2) is 65.0 Å². The van der Waals surface area contributed by atoms with Gasteiger partial charge in [-0.3, -0.25) is 24.6 Å². The van der Waals surface area contributed by atoms with Crippen molar-refractivity contribution in [3.05, 3.63) is 118 Å². The number of rotatable bonds is 14. The summed E-state index contributed by atoms with van der Waals surface area (Å²) in [5, 5.41) is 35.3. The number of nitrogens with one attached hydrogen (secondary N) is 1. The standard InChI is InChI=1S/C32H30N7O10P/c1-20(34-25(40)18-37-19-33-35-36-37)26-28-32(2,17-21-13-15-22(16-14-21)39(44)45)29(27(31(42)43)38(28)30(26)41)49-50(46,47-23-9-5-3-6-10-23)48-24-11-7-4-8-12-24/h3-16,19-20,26,28H,17-18H2,1-2H3,(H,34,40)(H,42,43)/t20-,26-,28-,32-/m1/s1. The van der Waals surface area contributed by atoms with Crippen molar-refractivity contribution >= 4 is 31.3 Å². The summed E-state index contributed by atoms with van der Waals surface area (Å²) in [6, 6.07) is 19.8. The van der Waals surface area contributed by atoms with E-state index in [1.807, 2.05) is 0 Å². The summed E-state index contributed by atoms with van der Waals surface area (Å²) in [6.45, 7) is 2.99. The van der Waals surface area contributed by atoms with E-state index in [2.05, 4.69) is 20.8 Å². The maximum atomic E-state index is 14.6. The predicted molar refractivity (Wildman–Crippen MR) is 172 cm³/mol. The van der Waals surface area contributed by atoms with Crippen LogP contribution in [0.1, 0.15) is 19.4 Å². The van der Waals surface area contributed by atoms with Crippen LogP contribution in [0, 0.1) is 21.4 Å². The lowest BCUT2D eigenvalue weighted by molar-refractivity contribution is -0.384. The number of tetrazole rings is 1. The maximum Gasteiger partial charge on any atom is 0.646 e. The smallest absolute Gasteiger partial charge is 0.476 e. The van der Waals surface area contributed by atoms with Gasteiger partial charge in [-0.15, -0.1) is 5.10 Å². The van der Waals surface area contributed by atoms with Gasteiger partial charge in [-0.25, -0.2) is 9.48 Å². The van der Waals surface area contributed by atoms with E-state index >= 15 is 0 Å². The van der Waals surface area contributed by atoms with Gasteiger partial charge in [0, 0.05) is 18.2 Å². The molecule has 0 radical (unpaired) electrons. The maximum absolute atomic E-state index is 14.6. The number of β-lactam (4-membered cyclic amide) rings is 1. The van der Waals surface area contributed by atoms with Crippen molar-refractivity contribution in [3.63, 3.8) is 0 Å². The van der Waals surface area contributed by atoms with Gasteiger partial charge < -0.3 is 24.0 Å². The third kappa shape index (κ3) is 6.62. The normalized spacial score (nSPS) is 20.4. The van der Waals surface area contributed by atoms with E-state index in [9.17, 15) is 34.2 Å². The van der Waals surface area contributed by atoms with E-state index < -0.39 is 59.6 Å². The Morgan fingerprint density at radius 1 is 1.02 bits per heavy atom. The predicted octanol–water partition coefficient (Wildman–Crippen LogP) is 3.75. The molecule has 2 amide bonds. The Kier molecular flexibility index (Phi) is 9.08. The fourth-order valence-electron chi connectivity index (χ4n) is 6.31. The van der Waals surface area contributed by atoms with Gasteiger partial charge in [-0.1, -0.05) is 55.5 Å². The molecule has 3 heterocycles. The molecule has 2 N–H and O–H groups in total.